The normalized spacial score (nSPS) is 21.2. The van der Waals surface area contributed by atoms with Gasteiger partial charge in [-0.3, -0.25) is 4.90 Å². The van der Waals surface area contributed by atoms with E-state index in [1.807, 2.05) is 0 Å². The van der Waals surface area contributed by atoms with E-state index in [2.05, 4.69) is 0 Å². The summed E-state index contributed by atoms with van der Waals surface area (Å²) in [5.74, 6) is 0.117. The van der Waals surface area contributed by atoms with Gasteiger partial charge in [-0.25, -0.2) is 9.59 Å². The Hall–Kier alpha value is -1.87. The van der Waals surface area contributed by atoms with Crippen molar-refractivity contribution in [1.29, 1.82) is 0 Å². The van der Waals surface area contributed by atoms with E-state index in [4.69, 9.17) is 44.3 Å². The summed E-state index contributed by atoms with van der Waals surface area (Å²) in [5, 5.41) is 20.1. The number of fused-ring (bicyclic) bond motifs is 2. The third-order valence-electron chi connectivity index (χ3n) is 6.06. The average molecular weight is 550 g/mol. The molecule has 2 heterocycles. The molecule has 2 atom stereocenters. The van der Waals surface area contributed by atoms with Crippen LogP contribution in [0.1, 0.15) is 46.6 Å². The van der Waals surface area contributed by atoms with Gasteiger partial charge in [-0.05, 0) is 69.9 Å². The first-order valence-electron chi connectivity index (χ1n) is 11.2. The third-order valence-corrected chi connectivity index (χ3v) is 7.42. The summed E-state index contributed by atoms with van der Waals surface area (Å²) in [7, 11) is 0. The van der Waals surface area contributed by atoms with Crippen LogP contribution in [0.15, 0.2) is 29.8 Å². The Kier molecular flexibility index (Phi) is 7.83. The number of aliphatic hydroxyl groups is 1. The molecule has 2 amide bonds. The number of aliphatic hydroxyl groups excluding tert-OH is 1. The molecule has 0 saturated carbocycles. The fourth-order valence-corrected chi connectivity index (χ4v) is 4.34. The van der Waals surface area contributed by atoms with Gasteiger partial charge >= 0.3 is 12.2 Å². The zero-order valence-electron chi connectivity index (χ0n) is 20.3. The van der Waals surface area contributed by atoms with E-state index in [-0.39, 0.29) is 25.4 Å². The van der Waals surface area contributed by atoms with Gasteiger partial charge in [0.2, 0.25) is 3.79 Å². The number of phenols is 1. The fraction of sp³-hybridized carbons (Fsp3) is 0.583. The Morgan fingerprint density at radius 3 is 2.11 bits per heavy atom. The lowest BCUT2D eigenvalue weighted by Gasteiger charge is -2.51. The van der Waals surface area contributed by atoms with Crippen molar-refractivity contribution in [2.24, 2.45) is 0 Å². The Labute approximate surface area is 220 Å². The Morgan fingerprint density at radius 1 is 1.00 bits per heavy atom. The number of phenolic OH excluding ortho intramolecular Hbond substituents is 1. The lowest BCUT2D eigenvalue weighted by Crippen LogP contribution is -2.65. The summed E-state index contributed by atoms with van der Waals surface area (Å²) >= 11 is 18.1. The number of aromatic hydroxyl groups is 1. The predicted molar refractivity (Wildman–Crippen MR) is 135 cm³/mol. The topological polar surface area (TPSA) is 99.5 Å². The van der Waals surface area contributed by atoms with Gasteiger partial charge in [0.15, 0.2) is 5.60 Å². The molecular formula is C24H31Cl3N2O6. The maximum absolute atomic E-state index is 13.4. The first kappa shape index (κ1) is 27.7. The standard InChI is InChI=1S/C24H31Cl3N2O6/c1-22(2,3)34-20(32)28-11-15-10-17(14-6-8-16(31)9-7-14)18(13-30)19(12-28)29(15)21(33)35-23(4,5)24(25,26)27/h6-9,15,19,30-31H,10-13H2,1-5H3. The van der Waals surface area contributed by atoms with E-state index in [1.165, 1.54) is 23.6 Å². The third kappa shape index (κ3) is 6.10. The van der Waals surface area contributed by atoms with Gasteiger partial charge < -0.3 is 24.6 Å². The van der Waals surface area contributed by atoms with Crippen LogP contribution in [0, 0.1) is 0 Å². The number of piperazine rings is 1. The summed E-state index contributed by atoms with van der Waals surface area (Å²) in [5.41, 5.74) is 0.0830. The molecular weight excluding hydrogens is 519 g/mol. The number of alkyl halides is 3. The fourth-order valence-electron chi connectivity index (χ4n) is 4.22. The Bertz CT molecular complexity index is 998. The van der Waals surface area contributed by atoms with E-state index in [0.717, 1.165) is 11.1 Å². The number of hydrogen-bond acceptors (Lipinski definition) is 6. The minimum absolute atomic E-state index is 0.0895. The van der Waals surface area contributed by atoms with Gasteiger partial charge in [-0.1, -0.05) is 46.9 Å². The number of rotatable bonds is 3. The van der Waals surface area contributed by atoms with Gasteiger partial charge in [-0.15, -0.1) is 0 Å². The summed E-state index contributed by atoms with van der Waals surface area (Å²) in [4.78, 5) is 29.3. The molecule has 0 aromatic heterocycles. The number of carbonyl (C=O) groups is 2. The molecule has 2 unspecified atom stereocenters. The van der Waals surface area contributed by atoms with Crippen LogP contribution in [0.4, 0.5) is 9.59 Å². The molecule has 11 heteroatoms. The number of ether oxygens (including phenoxy) is 2. The largest absolute Gasteiger partial charge is 0.508 e. The Morgan fingerprint density at radius 2 is 1.60 bits per heavy atom. The molecule has 2 bridgehead atoms. The first-order chi connectivity index (χ1) is 16.0. The summed E-state index contributed by atoms with van der Waals surface area (Å²) < 4.78 is 9.30. The molecule has 0 radical (unpaired) electrons. The molecule has 0 spiro atoms. The Balaban J connectivity index is 2.01. The minimum Gasteiger partial charge on any atom is -0.508 e. The zero-order valence-corrected chi connectivity index (χ0v) is 22.6. The molecule has 8 nitrogen and oxygen atoms in total. The lowest BCUT2D eigenvalue weighted by atomic mass is 9.82. The molecule has 1 aromatic carbocycles. The highest BCUT2D eigenvalue weighted by atomic mass is 35.6. The summed E-state index contributed by atoms with van der Waals surface area (Å²) in [6.45, 7) is 8.25. The van der Waals surface area contributed by atoms with Crippen LogP contribution >= 0.6 is 34.8 Å². The number of carbonyl (C=O) groups excluding carboxylic acids is 2. The number of hydrogen-bond donors (Lipinski definition) is 2. The van der Waals surface area contributed by atoms with Crippen LogP contribution in [-0.4, -0.2) is 79.0 Å². The number of amides is 2. The van der Waals surface area contributed by atoms with Gasteiger partial charge in [-0.2, -0.15) is 0 Å². The minimum atomic E-state index is -1.87. The van der Waals surface area contributed by atoms with Crippen molar-refractivity contribution in [3.8, 4) is 5.75 Å². The first-order valence-corrected chi connectivity index (χ1v) is 12.4. The molecule has 194 valence electrons. The van der Waals surface area contributed by atoms with E-state index >= 15 is 0 Å². The molecule has 1 aromatic rings. The molecule has 0 aliphatic carbocycles. The van der Waals surface area contributed by atoms with Gasteiger partial charge in [0.25, 0.3) is 0 Å². The van der Waals surface area contributed by atoms with Crippen molar-refractivity contribution in [3.05, 3.63) is 35.4 Å². The quantitative estimate of drug-likeness (QED) is 0.508. The van der Waals surface area contributed by atoms with Crippen molar-refractivity contribution < 1.29 is 29.3 Å². The maximum Gasteiger partial charge on any atom is 0.411 e. The highest BCUT2D eigenvalue weighted by Crippen LogP contribution is 2.43. The molecule has 2 N–H and O–H groups in total. The van der Waals surface area contributed by atoms with Gasteiger partial charge in [0, 0.05) is 13.1 Å². The predicted octanol–water partition coefficient (Wildman–Crippen LogP) is 5.12. The van der Waals surface area contributed by atoms with E-state index in [0.29, 0.717) is 12.0 Å². The lowest BCUT2D eigenvalue weighted by molar-refractivity contribution is -0.0328. The van der Waals surface area contributed by atoms with Crippen molar-refractivity contribution in [2.75, 3.05) is 19.7 Å². The molecule has 3 rings (SSSR count). The monoisotopic (exact) mass is 548 g/mol. The van der Waals surface area contributed by atoms with Gasteiger partial charge in [0.05, 0.1) is 18.7 Å². The van der Waals surface area contributed by atoms with Crippen molar-refractivity contribution >= 4 is 52.6 Å². The molecule has 1 saturated heterocycles. The SMILES string of the molecule is CC(C)(C)OC(=O)N1CC2CC(c3ccc(O)cc3)=C(CO)C(C1)N2C(=O)OC(C)(C)C(Cl)(Cl)Cl. The second-order valence-electron chi connectivity index (χ2n) is 10.3. The smallest absolute Gasteiger partial charge is 0.411 e. The summed E-state index contributed by atoms with van der Waals surface area (Å²) in [6, 6.07) is 5.44. The van der Waals surface area contributed by atoms with Crippen LogP contribution in [-0.2, 0) is 9.47 Å². The van der Waals surface area contributed by atoms with Crippen LogP contribution in [0.2, 0.25) is 0 Å². The molecule has 2 aliphatic heterocycles. The van der Waals surface area contributed by atoms with Crippen molar-refractivity contribution in [1.82, 2.24) is 9.80 Å². The molecule has 35 heavy (non-hydrogen) atoms. The van der Waals surface area contributed by atoms with Crippen LogP contribution in [0.3, 0.4) is 0 Å². The maximum atomic E-state index is 13.4. The van der Waals surface area contributed by atoms with Crippen molar-refractivity contribution in [2.45, 2.75) is 68.1 Å². The van der Waals surface area contributed by atoms with Crippen LogP contribution in [0.5, 0.6) is 5.75 Å². The average Bonchev–Trinajstić information content (AvgIpc) is 2.70. The molecule has 2 aliphatic rings. The highest BCUT2D eigenvalue weighted by Gasteiger charge is 2.50. The second kappa shape index (κ2) is 9.88. The number of benzene rings is 1. The van der Waals surface area contributed by atoms with E-state index in [9.17, 15) is 19.8 Å². The highest BCUT2D eigenvalue weighted by molar-refractivity contribution is 6.68. The van der Waals surface area contributed by atoms with Crippen LogP contribution < -0.4 is 0 Å². The van der Waals surface area contributed by atoms with E-state index in [1.54, 1.807) is 45.0 Å². The van der Waals surface area contributed by atoms with Crippen molar-refractivity contribution in [3.63, 3.8) is 0 Å². The number of nitrogens with zero attached hydrogens (tertiary/aromatic N) is 2. The van der Waals surface area contributed by atoms with E-state index < -0.39 is 39.3 Å². The zero-order chi connectivity index (χ0) is 26.3. The second-order valence-corrected chi connectivity index (χ2v) is 12.5. The van der Waals surface area contributed by atoms with Gasteiger partial charge in [0.1, 0.15) is 11.4 Å². The molecule has 1 fully saturated rings. The van der Waals surface area contributed by atoms with Crippen LogP contribution in [0.25, 0.3) is 5.57 Å². The summed E-state index contributed by atoms with van der Waals surface area (Å²) in [6.07, 6.45) is -0.886. The number of halogens is 3.